The number of methoxy groups -OCH3 is 1. The largest absolute Gasteiger partial charge is 0.497 e. The number of nitrogens with one attached hydrogen (secondary N) is 1. The third-order valence-electron chi connectivity index (χ3n) is 5.82. The molecule has 1 saturated heterocycles. The number of hydrogen-bond donors (Lipinski definition) is 1. The molecule has 3 heterocycles. The fraction of sp³-hybridized carbons (Fsp3) is 0.154. The van der Waals surface area contributed by atoms with E-state index in [-0.39, 0.29) is 12.1 Å². The summed E-state index contributed by atoms with van der Waals surface area (Å²) in [6, 6.07) is 22.7. The van der Waals surface area contributed by atoms with Crippen molar-refractivity contribution in [1.29, 1.82) is 0 Å². The molecule has 2 aromatic carbocycles. The van der Waals surface area contributed by atoms with Crippen molar-refractivity contribution in [3.63, 3.8) is 0 Å². The van der Waals surface area contributed by atoms with E-state index >= 15 is 0 Å². The van der Waals surface area contributed by atoms with Crippen molar-refractivity contribution < 1.29 is 9.15 Å². The highest BCUT2D eigenvalue weighted by Gasteiger charge is 2.41. The number of halogens is 2. The second kappa shape index (κ2) is 9.66. The van der Waals surface area contributed by atoms with Crippen molar-refractivity contribution in [2.24, 2.45) is 0 Å². The summed E-state index contributed by atoms with van der Waals surface area (Å²) in [7, 11) is 1.66. The molecule has 1 aliphatic rings. The van der Waals surface area contributed by atoms with Crippen LogP contribution in [0.2, 0.25) is 10.0 Å². The van der Waals surface area contributed by atoms with Crippen LogP contribution in [0.1, 0.15) is 29.1 Å². The van der Waals surface area contributed by atoms with Gasteiger partial charge in [0.05, 0.1) is 23.9 Å². The highest BCUT2D eigenvalue weighted by Crippen LogP contribution is 2.42. The molecule has 5 rings (SSSR count). The Hall–Kier alpha value is -3.06. The number of thiocarbonyl (C=S) groups is 1. The quantitative estimate of drug-likeness (QED) is 0.287. The summed E-state index contributed by atoms with van der Waals surface area (Å²) >= 11 is 18.3. The second-order valence-electron chi connectivity index (χ2n) is 7.93. The zero-order valence-corrected chi connectivity index (χ0v) is 20.6. The lowest BCUT2D eigenvalue weighted by Crippen LogP contribution is -2.29. The van der Waals surface area contributed by atoms with Crippen LogP contribution in [0.4, 0.5) is 0 Å². The lowest BCUT2D eigenvalue weighted by Gasteiger charge is -2.26. The number of furan rings is 1. The molecule has 2 atom stereocenters. The minimum Gasteiger partial charge on any atom is -0.497 e. The Balaban J connectivity index is 1.52. The zero-order chi connectivity index (χ0) is 23.7. The highest BCUT2D eigenvalue weighted by atomic mass is 35.5. The summed E-state index contributed by atoms with van der Waals surface area (Å²) in [5.41, 5.74) is 2.76. The fourth-order valence-corrected chi connectivity index (χ4v) is 4.96. The van der Waals surface area contributed by atoms with Crippen LogP contribution in [-0.4, -0.2) is 22.1 Å². The predicted octanol–water partition coefficient (Wildman–Crippen LogP) is 6.83. The Morgan fingerprint density at radius 2 is 1.88 bits per heavy atom. The molecular formula is C26H21Cl2N3O2S. The van der Waals surface area contributed by atoms with Gasteiger partial charge in [0.15, 0.2) is 5.11 Å². The highest BCUT2D eigenvalue weighted by molar-refractivity contribution is 7.80. The van der Waals surface area contributed by atoms with E-state index in [9.17, 15) is 0 Å². The standard InChI is InChI=1S/C26H21Cl2N3O2S/c1-32-18-8-5-16(6-9-18)15-31-25(24(30-26(31)34)21-4-2-3-13-29-21)23-12-11-22(33-23)19-10-7-17(27)14-20(19)28/h2-14,24-25H,15H2,1H3,(H,30,34)/t24-,25-/m1/s1. The number of hydrogen-bond acceptors (Lipinski definition) is 4. The van der Waals surface area contributed by atoms with Crippen LogP contribution in [-0.2, 0) is 6.54 Å². The fourth-order valence-electron chi connectivity index (χ4n) is 4.16. The topological polar surface area (TPSA) is 50.5 Å². The molecule has 2 aromatic heterocycles. The summed E-state index contributed by atoms with van der Waals surface area (Å²) in [6.45, 7) is 0.599. The molecule has 4 aromatic rings. The smallest absolute Gasteiger partial charge is 0.170 e. The lowest BCUT2D eigenvalue weighted by molar-refractivity contribution is 0.269. The summed E-state index contributed by atoms with van der Waals surface area (Å²) < 4.78 is 11.7. The molecule has 8 heteroatoms. The van der Waals surface area contributed by atoms with Gasteiger partial charge in [-0.05, 0) is 72.4 Å². The summed E-state index contributed by atoms with van der Waals surface area (Å²) in [5.74, 6) is 2.24. The van der Waals surface area contributed by atoms with Crippen LogP contribution in [0.15, 0.2) is 83.4 Å². The number of rotatable bonds is 6. The molecule has 172 valence electrons. The number of benzene rings is 2. The van der Waals surface area contributed by atoms with E-state index in [4.69, 9.17) is 44.6 Å². The number of pyridine rings is 1. The number of ether oxygens (including phenoxy) is 1. The minimum atomic E-state index is -0.204. The number of nitrogens with zero attached hydrogens (tertiary/aromatic N) is 2. The minimum absolute atomic E-state index is 0.174. The molecule has 0 saturated carbocycles. The van der Waals surface area contributed by atoms with E-state index in [1.54, 1.807) is 25.4 Å². The maximum Gasteiger partial charge on any atom is 0.170 e. The Bertz CT molecular complexity index is 1310. The molecule has 1 aliphatic heterocycles. The van der Waals surface area contributed by atoms with Gasteiger partial charge in [-0.15, -0.1) is 0 Å². The van der Waals surface area contributed by atoms with Gasteiger partial charge in [0.25, 0.3) is 0 Å². The molecule has 0 amide bonds. The van der Waals surface area contributed by atoms with E-state index < -0.39 is 0 Å². The summed E-state index contributed by atoms with van der Waals surface area (Å²) in [5, 5.41) is 5.19. The lowest BCUT2D eigenvalue weighted by atomic mass is 10.0. The third-order valence-corrected chi connectivity index (χ3v) is 6.72. The molecule has 0 spiro atoms. The van der Waals surface area contributed by atoms with E-state index in [2.05, 4.69) is 15.2 Å². The maximum atomic E-state index is 6.43. The Kier molecular flexibility index (Phi) is 6.46. The second-order valence-corrected chi connectivity index (χ2v) is 9.16. The first-order valence-electron chi connectivity index (χ1n) is 10.7. The Labute approximate surface area is 213 Å². The average molecular weight is 510 g/mol. The predicted molar refractivity (Wildman–Crippen MR) is 138 cm³/mol. The van der Waals surface area contributed by atoms with Crippen molar-refractivity contribution in [3.8, 4) is 17.1 Å². The first-order chi connectivity index (χ1) is 16.5. The van der Waals surface area contributed by atoms with E-state index in [1.807, 2.05) is 60.7 Å². The van der Waals surface area contributed by atoms with Crippen molar-refractivity contribution in [2.75, 3.05) is 7.11 Å². The summed E-state index contributed by atoms with van der Waals surface area (Å²) in [6.07, 6.45) is 1.78. The normalized spacial score (nSPS) is 17.6. The van der Waals surface area contributed by atoms with Gasteiger partial charge in [-0.2, -0.15) is 0 Å². The zero-order valence-electron chi connectivity index (χ0n) is 18.2. The van der Waals surface area contributed by atoms with Gasteiger partial charge in [0, 0.05) is 23.3 Å². The molecule has 0 aliphatic carbocycles. The van der Waals surface area contributed by atoms with Gasteiger partial charge >= 0.3 is 0 Å². The average Bonchev–Trinajstić information content (AvgIpc) is 3.45. The van der Waals surface area contributed by atoms with Crippen LogP contribution < -0.4 is 10.1 Å². The SMILES string of the molecule is COc1ccc(CN2C(=S)N[C@H](c3ccccn3)[C@H]2c2ccc(-c3ccc(Cl)cc3Cl)o2)cc1. The van der Waals surface area contributed by atoms with Crippen LogP contribution in [0, 0.1) is 0 Å². The van der Waals surface area contributed by atoms with Crippen molar-refractivity contribution in [2.45, 2.75) is 18.6 Å². The molecule has 1 fully saturated rings. The molecular weight excluding hydrogens is 489 g/mol. The Morgan fingerprint density at radius 1 is 1.06 bits per heavy atom. The molecule has 1 N–H and O–H groups in total. The van der Waals surface area contributed by atoms with Crippen LogP contribution in [0.5, 0.6) is 5.75 Å². The Morgan fingerprint density at radius 3 is 2.59 bits per heavy atom. The van der Waals surface area contributed by atoms with E-state index in [0.29, 0.717) is 27.5 Å². The third kappa shape index (κ3) is 4.49. The van der Waals surface area contributed by atoms with Gasteiger partial charge in [0.2, 0.25) is 0 Å². The molecule has 0 bridgehead atoms. The monoisotopic (exact) mass is 509 g/mol. The molecule has 34 heavy (non-hydrogen) atoms. The summed E-state index contributed by atoms with van der Waals surface area (Å²) in [4.78, 5) is 6.71. The van der Waals surface area contributed by atoms with Crippen molar-refractivity contribution in [1.82, 2.24) is 15.2 Å². The van der Waals surface area contributed by atoms with Gasteiger partial charge < -0.3 is 19.4 Å². The first kappa shape index (κ1) is 22.7. The maximum absolute atomic E-state index is 6.43. The van der Waals surface area contributed by atoms with Gasteiger partial charge in [-0.25, -0.2) is 0 Å². The van der Waals surface area contributed by atoms with Crippen LogP contribution >= 0.6 is 35.4 Å². The van der Waals surface area contributed by atoms with Crippen molar-refractivity contribution >= 4 is 40.5 Å². The van der Waals surface area contributed by atoms with Crippen LogP contribution in [0.3, 0.4) is 0 Å². The van der Waals surface area contributed by atoms with Gasteiger partial charge in [-0.1, -0.05) is 41.4 Å². The number of aromatic nitrogens is 1. The van der Waals surface area contributed by atoms with Crippen molar-refractivity contribution in [3.05, 3.63) is 106 Å². The van der Waals surface area contributed by atoms with Crippen LogP contribution in [0.25, 0.3) is 11.3 Å². The van der Waals surface area contributed by atoms with E-state index in [0.717, 1.165) is 28.3 Å². The van der Waals surface area contributed by atoms with Gasteiger partial charge in [-0.3, -0.25) is 4.98 Å². The molecule has 0 radical (unpaired) electrons. The molecule has 5 nitrogen and oxygen atoms in total. The first-order valence-corrected chi connectivity index (χ1v) is 11.9. The van der Waals surface area contributed by atoms with E-state index in [1.165, 1.54) is 0 Å². The molecule has 0 unspecified atom stereocenters. The van der Waals surface area contributed by atoms with Gasteiger partial charge in [0.1, 0.15) is 23.3 Å².